The maximum atomic E-state index is 12.6. The number of carbonyl (C=O) groups is 3. The number of aryl methyl sites for hydroxylation is 2. The van der Waals surface area contributed by atoms with E-state index in [-0.39, 0.29) is 22.9 Å². The van der Waals surface area contributed by atoms with E-state index in [9.17, 15) is 19.5 Å². The van der Waals surface area contributed by atoms with Crippen molar-refractivity contribution in [3.63, 3.8) is 0 Å². The van der Waals surface area contributed by atoms with Gasteiger partial charge in [0.25, 0.3) is 11.8 Å². The molecule has 146 valence electrons. The average Bonchev–Trinajstić information content (AvgIpc) is 2.69. The molecule has 2 N–H and O–H groups in total. The van der Waals surface area contributed by atoms with Crippen molar-refractivity contribution in [1.82, 2.24) is 4.90 Å². The number of thioether (sulfide) groups is 1. The van der Waals surface area contributed by atoms with E-state index in [1.807, 2.05) is 23.6 Å². The first kappa shape index (κ1) is 19.9. The molecule has 1 heterocycles. The highest BCUT2D eigenvalue weighted by Gasteiger charge is 2.19. The molecule has 0 radical (unpaired) electrons. The second-order valence-corrected chi connectivity index (χ2v) is 8.01. The molecule has 0 unspecified atom stereocenters. The molecule has 1 aliphatic rings. The number of anilines is 1. The van der Waals surface area contributed by atoms with Crippen molar-refractivity contribution in [3.8, 4) is 0 Å². The fourth-order valence-electron chi connectivity index (χ4n) is 3.12. The van der Waals surface area contributed by atoms with E-state index >= 15 is 0 Å². The normalized spacial score (nSPS) is 13.9. The number of nitrogens with one attached hydrogen (secondary N) is 1. The molecule has 1 saturated heterocycles. The van der Waals surface area contributed by atoms with Gasteiger partial charge in [0.15, 0.2) is 0 Å². The zero-order valence-corrected chi connectivity index (χ0v) is 16.6. The monoisotopic (exact) mass is 398 g/mol. The van der Waals surface area contributed by atoms with Crippen LogP contribution in [0.15, 0.2) is 36.4 Å². The van der Waals surface area contributed by atoms with E-state index in [4.69, 9.17) is 0 Å². The Morgan fingerprint density at radius 3 is 2.29 bits per heavy atom. The standard InChI is InChI=1S/C21H22N2O4S/c1-13-9-16(12-17(10-13)21(26)27)19(24)22-18-4-3-15(11-14(18)2)20(25)23-5-7-28-8-6-23/h3-4,9-12H,5-8H2,1-2H3,(H,22,24)(H,26,27). The molecule has 2 aromatic carbocycles. The first-order valence-electron chi connectivity index (χ1n) is 8.99. The fourth-order valence-corrected chi connectivity index (χ4v) is 4.02. The molecule has 2 amide bonds. The van der Waals surface area contributed by atoms with Gasteiger partial charge in [-0.3, -0.25) is 9.59 Å². The Balaban J connectivity index is 1.77. The van der Waals surface area contributed by atoms with Crippen LogP contribution in [0.4, 0.5) is 5.69 Å². The highest BCUT2D eigenvalue weighted by atomic mass is 32.2. The molecule has 7 heteroatoms. The van der Waals surface area contributed by atoms with Crippen LogP contribution in [0.3, 0.4) is 0 Å². The third-order valence-electron chi connectivity index (χ3n) is 4.61. The minimum absolute atomic E-state index is 0.00561. The third kappa shape index (κ3) is 4.54. The lowest BCUT2D eigenvalue weighted by Crippen LogP contribution is -2.37. The lowest BCUT2D eigenvalue weighted by Gasteiger charge is -2.26. The van der Waals surface area contributed by atoms with Gasteiger partial charge in [0.1, 0.15) is 0 Å². The molecule has 6 nitrogen and oxygen atoms in total. The van der Waals surface area contributed by atoms with E-state index in [2.05, 4.69) is 5.32 Å². The molecule has 1 aliphatic heterocycles. The van der Waals surface area contributed by atoms with Crippen LogP contribution < -0.4 is 5.32 Å². The zero-order valence-electron chi connectivity index (χ0n) is 15.8. The topological polar surface area (TPSA) is 86.7 Å². The molecular weight excluding hydrogens is 376 g/mol. The first-order chi connectivity index (χ1) is 13.3. The van der Waals surface area contributed by atoms with Crippen LogP contribution in [0.25, 0.3) is 0 Å². The van der Waals surface area contributed by atoms with Crippen molar-refractivity contribution in [1.29, 1.82) is 0 Å². The predicted octanol–water partition coefficient (Wildman–Crippen LogP) is 3.44. The number of hydrogen-bond acceptors (Lipinski definition) is 4. The Labute approximate surface area is 167 Å². The van der Waals surface area contributed by atoms with Crippen LogP contribution in [0.2, 0.25) is 0 Å². The van der Waals surface area contributed by atoms with Crippen molar-refractivity contribution < 1.29 is 19.5 Å². The number of amides is 2. The van der Waals surface area contributed by atoms with Crippen LogP contribution in [-0.2, 0) is 0 Å². The largest absolute Gasteiger partial charge is 0.478 e. The number of benzene rings is 2. The summed E-state index contributed by atoms with van der Waals surface area (Å²) in [7, 11) is 0. The second kappa shape index (κ2) is 8.48. The number of nitrogens with zero attached hydrogens (tertiary/aromatic N) is 1. The summed E-state index contributed by atoms with van der Waals surface area (Å²) in [5, 5.41) is 12.0. The van der Waals surface area contributed by atoms with E-state index in [1.54, 1.807) is 31.2 Å². The molecule has 0 aliphatic carbocycles. The lowest BCUT2D eigenvalue weighted by molar-refractivity contribution is 0.0695. The molecule has 0 spiro atoms. The van der Waals surface area contributed by atoms with Crippen LogP contribution in [0.1, 0.15) is 42.2 Å². The number of aromatic carboxylic acids is 1. The van der Waals surface area contributed by atoms with Gasteiger partial charge < -0.3 is 15.3 Å². The molecular formula is C21H22N2O4S. The summed E-state index contributed by atoms with van der Waals surface area (Å²) in [4.78, 5) is 38.3. The molecule has 28 heavy (non-hydrogen) atoms. The Kier molecular flexibility index (Phi) is 6.04. The van der Waals surface area contributed by atoms with Gasteiger partial charge in [-0.05, 0) is 61.4 Å². The van der Waals surface area contributed by atoms with Gasteiger partial charge >= 0.3 is 5.97 Å². The van der Waals surface area contributed by atoms with Crippen LogP contribution >= 0.6 is 11.8 Å². The first-order valence-corrected chi connectivity index (χ1v) is 10.1. The van der Waals surface area contributed by atoms with Gasteiger partial charge in [-0.25, -0.2) is 4.79 Å². The van der Waals surface area contributed by atoms with Crippen molar-refractivity contribution in [2.24, 2.45) is 0 Å². The van der Waals surface area contributed by atoms with Gasteiger partial charge in [0, 0.05) is 41.4 Å². The maximum absolute atomic E-state index is 12.6. The smallest absolute Gasteiger partial charge is 0.335 e. The summed E-state index contributed by atoms with van der Waals surface area (Å²) < 4.78 is 0. The van der Waals surface area contributed by atoms with Crippen molar-refractivity contribution in [3.05, 3.63) is 64.2 Å². The Bertz CT molecular complexity index is 936. The van der Waals surface area contributed by atoms with Gasteiger partial charge in [-0.1, -0.05) is 0 Å². The minimum atomic E-state index is -1.08. The highest BCUT2D eigenvalue weighted by Crippen LogP contribution is 2.21. The average molecular weight is 398 g/mol. The molecule has 0 bridgehead atoms. The quantitative estimate of drug-likeness (QED) is 0.824. The number of rotatable bonds is 4. The van der Waals surface area contributed by atoms with E-state index in [0.29, 0.717) is 16.8 Å². The van der Waals surface area contributed by atoms with Crippen molar-refractivity contribution >= 4 is 35.2 Å². The second-order valence-electron chi connectivity index (χ2n) is 6.78. The van der Waals surface area contributed by atoms with Gasteiger partial charge in [0.05, 0.1) is 5.56 Å². The Hall–Kier alpha value is -2.80. The summed E-state index contributed by atoms with van der Waals surface area (Å²) in [6.45, 7) is 5.08. The Morgan fingerprint density at radius 1 is 0.964 bits per heavy atom. The number of hydrogen-bond donors (Lipinski definition) is 2. The molecule has 1 fully saturated rings. The van der Waals surface area contributed by atoms with Gasteiger partial charge in [0.2, 0.25) is 0 Å². The molecule has 3 rings (SSSR count). The molecule has 0 aromatic heterocycles. The third-order valence-corrected chi connectivity index (χ3v) is 5.55. The highest BCUT2D eigenvalue weighted by molar-refractivity contribution is 7.99. The fraction of sp³-hybridized carbons (Fsp3) is 0.286. The van der Waals surface area contributed by atoms with Crippen LogP contribution in [0.5, 0.6) is 0 Å². The number of carbonyl (C=O) groups excluding carboxylic acids is 2. The SMILES string of the molecule is Cc1cc(C(=O)O)cc(C(=O)Nc2ccc(C(=O)N3CCSCC3)cc2C)c1. The summed E-state index contributed by atoms with van der Waals surface area (Å²) in [5.41, 5.74) is 3.02. The van der Waals surface area contributed by atoms with Crippen LogP contribution in [-0.4, -0.2) is 52.4 Å². The number of carboxylic acid groups (broad SMARTS) is 1. The summed E-state index contributed by atoms with van der Waals surface area (Å²) in [6, 6.07) is 9.72. The summed E-state index contributed by atoms with van der Waals surface area (Å²) >= 11 is 1.85. The number of carboxylic acids is 1. The summed E-state index contributed by atoms with van der Waals surface area (Å²) in [5.74, 6) is 0.446. The zero-order chi connectivity index (χ0) is 20.3. The molecule has 0 atom stereocenters. The van der Waals surface area contributed by atoms with E-state index in [0.717, 1.165) is 30.2 Å². The van der Waals surface area contributed by atoms with Crippen molar-refractivity contribution in [2.45, 2.75) is 13.8 Å². The van der Waals surface area contributed by atoms with E-state index in [1.165, 1.54) is 12.1 Å². The van der Waals surface area contributed by atoms with Gasteiger partial charge in [-0.15, -0.1) is 0 Å². The van der Waals surface area contributed by atoms with Crippen molar-refractivity contribution in [2.75, 3.05) is 29.9 Å². The van der Waals surface area contributed by atoms with Gasteiger partial charge in [-0.2, -0.15) is 11.8 Å². The molecule has 0 saturated carbocycles. The van der Waals surface area contributed by atoms with Crippen LogP contribution in [0, 0.1) is 13.8 Å². The lowest BCUT2D eigenvalue weighted by atomic mass is 10.0. The minimum Gasteiger partial charge on any atom is -0.478 e. The molecule has 2 aromatic rings. The Morgan fingerprint density at radius 2 is 1.64 bits per heavy atom. The predicted molar refractivity (Wildman–Crippen MR) is 110 cm³/mol. The van der Waals surface area contributed by atoms with E-state index < -0.39 is 5.97 Å². The summed E-state index contributed by atoms with van der Waals surface area (Å²) in [6.07, 6.45) is 0. The maximum Gasteiger partial charge on any atom is 0.335 e.